The molecule has 0 aliphatic carbocycles. The van der Waals surface area contributed by atoms with E-state index in [9.17, 15) is 15.2 Å². The third-order valence-electron chi connectivity index (χ3n) is 4.64. The van der Waals surface area contributed by atoms with Crippen LogP contribution < -0.4 is 10.1 Å². The Balaban J connectivity index is 1.42. The SMILES string of the molecule is N#Cc1ccccc1COc1cccc(C(=O)Nc2cnc(-c3cccc(O)c3)nc2)c1. The summed E-state index contributed by atoms with van der Waals surface area (Å²) in [4.78, 5) is 21.1. The summed E-state index contributed by atoms with van der Waals surface area (Å²) in [5, 5.41) is 21.5. The second-order valence-electron chi connectivity index (χ2n) is 6.89. The first-order valence-electron chi connectivity index (χ1n) is 9.76. The molecular formula is C25H18N4O3. The molecule has 0 atom stereocenters. The van der Waals surface area contributed by atoms with Crippen molar-refractivity contribution in [2.45, 2.75) is 6.61 Å². The molecule has 0 radical (unpaired) electrons. The number of amides is 1. The second kappa shape index (κ2) is 9.41. The van der Waals surface area contributed by atoms with Gasteiger partial charge in [-0.3, -0.25) is 4.79 Å². The summed E-state index contributed by atoms with van der Waals surface area (Å²) in [6.45, 7) is 0.221. The molecule has 4 aromatic rings. The van der Waals surface area contributed by atoms with Crippen LogP contribution in [0.4, 0.5) is 5.69 Å². The van der Waals surface area contributed by atoms with Gasteiger partial charge in [-0.2, -0.15) is 5.26 Å². The highest BCUT2D eigenvalue weighted by Crippen LogP contribution is 2.21. The molecule has 156 valence electrons. The Morgan fingerprint density at radius 3 is 2.56 bits per heavy atom. The summed E-state index contributed by atoms with van der Waals surface area (Å²) in [5.74, 6) is 0.746. The van der Waals surface area contributed by atoms with Crippen LogP contribution in [-0.4, -0.2) is 21.0 Å². The van der Waals surface area contributed by atoms with Gasteiger partial charge in [0.25, 0.3) is 5.91 Å². The van der Waals surface area contributed by atoms with Crippen molar-refractivity contribution < 1.29 is 14.6 Å². The second-order valence-corrected chi connectivity index (χ2v) is 6.89. The zero-order valence-corrected chi connectivity index (χ0v) is 16.9. The number of phenolic OH excluding ortho intramolecular Hbond substituents is 1. The fourth-order valence-electron chi connectivity index (χ4n) is 3.03. The minimum Gasteiger partial charge on any atom is -0.508 e. The predicted octanol–water partition coefficient (Wildman–Crippen LogP) is 4.55. The van der Waals surface area contributed by atoms with Crippen LogP contribution in [-0.2, 0) is 6.61 Å². The summed E-state index contributed by atoms with van der Waals surface area (Å²) in [7, 11) is 0. The third-order valence-corrected chi connectivity index (χ3v) is 4.64. The number of carbonyl (C=O) groups is 1. The largest absolute Gasteiger partial charge is 0.508 e. The molecule has 32 heavy (non-hydrogen) atoms. The Bertz CT molecular complexity index is 1300. The molecule has 0 unspecified atom stereocenters. The van der Waals surface area contributed by atoms with Crippen LogP contribution in [0.3, 0.4) is 0 Å². The minimum absolute atomic E-state index is 0.127. The molecule has 7 heteroatoms. The van der Waals surface area contributed by atoms with Crippen molar-refractivity contribution in [3.8, 4) is 29.0 Å². The fraction of sp³-hybridized carbons (Fsp3) is 0.0400. The number of nitriles is 1. The number of phenols is 1. The zero-order chi connectivity index (χ0) is 22.3. The van der Waals surface area contributed by atoms with Crippen LogP contribution in [0.15, 0.2) is 85.2 Å². The van der Waals surface area contributed by atoms with Gasteiger partial charge in [-0.25, -0.2) is 9.97 Å². The Labute approximate surface area is 184 Å². The normalized spacial score (nSPS) is 10.2. The van der Waals surface area contributed by atoms with Crippen molar-refractivity contribution in [1.82, 2.24) is 9.97 Å². The highest BCUT2D eigenvalue weighted by molar-refractivity contribution is 6.04. The molecule has 3 aromatic carbocycles. The van der Waals surface area contributed by atoms with Crippen molar-refractivity contribution in [3.63, 3.8) is 0 Å². The number of carbonyl (C=O) groups excluding carboxylic acids is 1. The highest BCUT2D eigenvalue weighted by Gasteiger charge is 2.10. The number of rotatable bonds is 6. The smallest absolute Gasteiger partial charge is 0.255 e. The number of hydrogen-bond donors (Lipinski definition) is 2. The van der Waals surface area contributed by atoms with E-state index in [2.05, 4.69) is 21.4 Å². The zero-order valence-electron chi connectivity index (χ0n) is 16.9. The average Bonchev–Trinajstić information content (AvgIpc) is 2.83. The van der Waals surface area contributed by atoms with Gasteiger partial charge in [-0.1, -0.05) is 36.4 Å². The number of hydrogen-bond acceptors (Lipinski definition) is 6. The lowest BCUT2D eigenvalue weighted by molar-refractivity contribution is 0.102. The lowest BCUT2D eigenvalue weighted by atomic mass is 10.1. The van der Waals surface area contributed by atoms with Crippen molar-refractivity contribution in [2.24, 2.45) is 0 Å². The Hall–Kier alpha value is -4.70. The van der Waals surface area contributed by atoms with Gasteiger partial charge in [0, 0.05) is 16.7 Å². The molecule has 1 heterocycles. The number of aromatic hydroxyl groups is 1. The van der Waals surface area contributed by atoms with Crippen molar-refractivity contribution in [1.29, 1.82) is 5.26 Å². The summed E-state index contributed by atoms with van der Waals surface area (Å²) < 4.78 is 5.77. The van der Waals surface area contributed by atoms with Crippen molar-refractivity contribution in [2.75, 3.05) is 5.32 Å². The van der Waals surface area contributed by atoms with Gasteiger partial charge >= 0.3 is 0 Å². The summed E-state index contributed by atoms with van der Waals surface area (Å²) in [6.07, 6.45) is 3.01. The number of benzene rings is 3. The number of nitrogens with zero attached hydrogens (tertiary/aromatic N) is 3. The molecule has 7 nitrogen and oxygen atoms in total. The van der Waals surface area contributed by atoms with E-state index >= 15 is 0 Å². The first kappa shape index (κ1) is 20.6. The molecule has 2 N–H and O–H groups in total. The van der Waals surface area contributed by atoms with Crippen LogP contribution in [0, 0.1) is 11.3 Å². The maximum atomic E-state index is 12.6. The quantitative estimate of drug-likeness (QED) is 0.472. The van der Waals surface area contributed by atoms with E-state index in [0.717, 1.165) is 5.56 Å². The Kier molecular flexibility index (Phi) is 6.05. The number of anilines is 1. The van der Waals surface area contributed by atoms with Crippen LogP contribution in [0.25, 0.3) is 11.4 Å². The molecule has 0 fully saturated rings. The van der Waals surface area contributed by atoms with E-state index in [0.29, 0.717) is 34.0 Å². The number of nitrogens with one attached hydrogen (secondary N) is 1. The highest BCUT2D eigenvalue weighted by atomic mass is 16.5. The van der Waals surface area contributed by atoms with Gasteiger partial charge in [0.05, 0.1) is 29.7 Å². The van der Waals surface area contributed by atoms with Crippen LogP contribution >= 0.6 is 0 Å². The van der Waals surface area contributed by atoms with Crippen LogP contribution in [0.2, 0.25) is 0 Å². The van der Waals surface area contributed by atoms with E-state index in [4.69, 9.17) is 4.74 Å². The topological polar surface area (TPSA) is 108 Å². The third kappa shape index (κ3) is 4.89. The molecule has 1 amide bonds. The molecule has 0 saturated carbocycles. The fourth-order valence-corrected chi connectivity index (χ4v) is 3.03. The van der Waals surface area contributed by atoms with Crippen molar-refractivity contribution >= 4 is 11.6 Å². The molecule has 4 rings (SSSR count). The van der Waals surface area contributed by atoms with E-state index in [1.807, 2.05) is 12.1 Å². The number of ether oxygens (including phenoxy) is 1. The molecular weight excluding hydrogens is 404 g/mol. The molecule has 0 bridgehead atoms. The molecule has 0 saturated heterocycles. The summed E-state index contributed by atoms with van der Waals surface area (Å²) in [5.41, 5.74) is 2.84. The monoisotopic (exact) mass is 422 g/mol. The van der Waals surface area contributed by atoms with Gasteiger partial charge in [0.15, 0.2) is 5.82 Å². The van der Waals surface area contributed by atoms with E-state index in [1.165, 1.54) is 12.4 Å². The molecule has 1 aromatic heterocycles. The molecule has 0 spiro atoms. The van der Waals surface area contributed by atoms with Gasteiger partial charge in [-0.15, -0.1) is 0 Å². The van der Waals surface area contributed by atoms with E-state index in [-0.39, 0.29) is 18.3 Å². The Morgan fingerprint density at radius 1 is 1.00 bits per heavy atom. The first-order chi connectivity index (χ1) is 15.6. The van der Waals surface area contributed by atoms with Gasteiger partial charge in [-0.05, 0) is 36.4 Å². The van der Waals surface area contributed by atoms with Crippen molar-refractivity contribution in [3.05, 3.63) is 102 Å². The van der Waals surface area contributed by atoms with E-state index in [1.54, 1.807) is 60.7 Å². The molecule has 0 aliphatic heterocycles. The van der Waals surface area contributed by atoms with E-state index < -0.39 is 0 Å². The first-order valence-corrected chi connectivity index (χ1v) is 9.76. The van der Waals surface area contributed by atoms with Gasteiger partial charge in [0.1, 0.15) is 18.1 Å². The average molecular weight is 422 g/mol. The standard InChI is InChI=1S/C25H18N4O3/c26-13-19-5-1-2-6-20(19)16-32-23-10-4-8-18(12-23)25(31)29-21-14-27-24(28-15-21)17-7-3-9-22(30)11-17/h1-12,14-15,30H,16H2,(H,29,31). The van der Waals surface area contributed by atoms with Gasteiger partial charge in [0.2, 0.25) is 0 Å². The minimum atomic E-state index is -0.332. The maximum Gasteiger partial charge on any atom is 0.255 e. The number of aromatic nitrogens is 2. The maximum absolute atomic E-state index is 12.6. The predicted molar refractivity (Wildman–Crippen MR) is 119 cm³/mol. The van der Waals surface area contributed by atoms with Gasteiger partial charge < -0.3 is 15.2 Å². The molecule has 0 aliphatic rings. The van der Waals surface area contributed by atoms with Crippen LogP contribution in [0.5, 0.6) is 11.5 Å². The summed E-state index contributed by atoms with van der Waals surface area (Å²) >= 11 is 0. The van der Waals surface area contributed by atoms with Crippen LogP contribution in [0.1, 0.15) is 21.5 Å². The Morgan fingerprint density at radius 2 is 1.78 bits per heavy atom. The lowest BCUT2D eigenvalue weighted by Gasteiger charge is -2.10. The lowest BCUT2D eigenvalue weighted by Crippen LogP contribution is -2.12. The summed E-state index contributed by atoms with van der Waals surface area (Å²) in [6, 6.07) is 22.7.